The van der Waals surface area contributed by atoms with E-state index in [4.69, 9.17) is 14.2 Å². The first kappa shape index (κ1) is 38.0. The molecule has 5 atom stereocenters. The Labute approximate surface area is 336 Å². The number of aliphatic hydroxyl groups excluding tert-OH is 1. The Morgan fingerprint density at radius 1 is 0.845 bits per heavy atom. The van der Waals surface area contributed by atoms with Crippen molar-refractivity contribution >= 4 is 60.5 Å². The summed E-state index contributed by atoms with van der Waals surface area (Å²) >= 11 is 0. The van der Waals surface area contributed by atoms with Crippen LogP contribution in [0.15, 0.2) is 91.0 Å². The van der Waals surface area contributed by atoms with Gasteiger partial charge in [0.2, 0.25) is 14.3 Å². The fraction of sp³-hybridized carbons (Fsp3) is 0.364. The Balaban J connectivity index is 1.11. The van der Waals surface area contributed by atoms with E-state index >= 15 is 8.90 Å². The standard InChI is InChI=1S/C44H45FN4O8Si/c1-27-42(58(2,3)45)38(22-39(51)46-20-8-9-31(46)24-50)57-44(27)32-21-30(49-35-11-5-7-13-37(35)56-26-41(49)53)18-19-33(32)47(43(44)54)23-28-14-16-29(17-15-28)48-34-10-4-6-12-36(34)55-25-40(48)52/h4-7,10-19,21,27,31,38,42,50H,8-9,20,22-26H2,1-3H3/t27-,31-,38+,42-,44+/m0/s1. The molecular weight excluding hydrogens is 760 g/mol. The number of benzene rings is 4. The zero-order valence-corrected chi connectivity index (χ0v) is 33.6. The van der Waals surface area contributed by atoms with E-state index < -0.39 is 31.6 Å². The van der Waals surface area contributed by atoms with Crippen molar-refractivity contribution in [3.8, 4) is 11.5 Å². The second-order valence-corrected chi connectivity index (χ2v) is 20.1. The van der Waals surface area contributed by atoms with E-state index in [0.29, 0.717) is 58.5 Å². The summed E-state index contributed by atoms with van der Waals surface area (Å²) in [6, 6.07) is 27.0. The lowest BCUT2D eigenvalue weighted by Gasteiger charge is -2.32. The summed E-state index contributed by atoms with van der Waals surface area (Å²) in [5.74, 6) is -0.651. The van der Waals surface area contributed by atoms with Crippen LogP contribution in [0.2, 0.25) is 18.6 Å². The molecule has 5 heterocycles. The highest BCUT2D eigenvalue weighted by atomic mass is 28.4. The number of amides is 4. The number of likely N-dealkylation sites (tertiary alicyclic amines) is 1. The Kier molecular flexibility index (Phi) is 9.40. The van der Waals surface area contributed by atoms with Gasteiger partial charge in [-0.1, -0.05) is 43.3 Å². The van der Waals surface area contributed by atoms with E-state index in [1.165, 1.54) is 0 Å². The van der Waals surface area contributed by atoms with Gasteiger partial charge in [0.1, 0.15) is 11.5 Å². The monoisotopic (exact) mass is 804 g/mol. The summed E-state index contributed by atoms with van der Waals surface area (Å²) in [7, 11) is -3.62. The molecule has 0 saturated carbocycles. The minimum atomic E-state index is -3.62. The smallest absolute Gasteiger partial charge is 0.269 e. The molecule has 5 aliphatic heterocycles. The summed E-state index contributed by atoms with van der Waals surface area (Å²) < 4.78 is 35.0. The minimum Gasteiger partial charge on any atom is -0.482 e. The third kappa shape index (κ3) is 6.07. The number of rotatable bonds is 8. The molecule has 1 N–H and O–H groups in total. The molecule has 12 nitrogen and oxygen atoms in total. The molecule has 2 fully saturated rings. The number of anilines is 5. The molecule has 1 spiro atoms. The molecule has 5 aliphatic rings. The van der Waals surface area contributed by atoms with E-state index in [1.807, 2.05) is 67.6 Å². The number of nitrogens with zero attached hydrogens (tertiary/aromatic N) is 4. The maximum absolute atomic E-state index is 16.7. The van der Waals surface area contributed by atoms with Gasteiger partial charge >= 0.3 is 0 Å². The van der Waals surface area contributed by atoms with Crippen LogP contribution in [0.5, 0.6) is 11.5 Å². The van der Waals surface area contributed by atoms with E-state index in [-0.39, 0.29) is 62.5 Å². The molecule has 2 saturated heterocycles. The van der Waals surface area contributed by atoms with Crippen molar-refractivity contribution < 1.29 is 42.6 Å². The number of para-hydroxylation sites is 4. The first-order valence-electron chi connectivity index (χ1n) is 19.8. The number of ether oxygens (including phenoxy) is 3. The Bertz CT molecular complexity index is 2320. The molecule has 0 unspecified atom stereocenters. The maximum atomic E-state index is 16.7. The van der Waals surface area contributed by atoms with Crippen molar-refractivity contribution in [1.82, 2.24) is 4.90 Å². The molecule has 0 bridgehead atoms. The molecule has 4 aromatic rings. The zero-order valence-electron chi connectivity index (χ0n) is 32.6. The van der Waals surface area contributed by atoms with Crippen LogP contribution in [0.1, 0.15) is 37.3 Å². The maximum Gasteiger partial charge on any atom is 0.269 e. The average molecular weight is 805 g/mol. The lowest BCUT2D eigenvalue weighted by Crippen LogP contribution is -2.45. The van der Waals surface area contributed by atoms with Crippen molar-refractivity contribution in [2.24, 2.45) is 5.92 Å². The topological polar surface area (TPSA) is 129 Å². The van der Waals surface area contributed by atoms with Crippen molar-refractivity contribution in [2.75, 3.05) is 41.1 Å². The van der Waals surface area contributed by atoms with Gasteiger partial charge in [-0.05, 0) is 86.1 Å². The molecule has 4 amide bonds. The fourth-order valence-electron chi connectivity index (χ4n) is 9.88. The van der Waals surface area contributed by atoms with Gasteiger partial charge in [0.25, 0.3) is 17.7 Å². The van der Waals surface area contributed by atoms with Crippen LogP contribution < -0.4 is 24.2 Å². The van der Waals surface area contributed by atoms with Crippen molar-refractivity contribution in [1.29, 1.82) is 0 Å². The van der Waals surface area contributed by atoms with Crippen LogP contribution in [-0.4, -0.2) is 80.6 Å². The van der Waals surface area contributed by atoms with Crippen LogP contribution in [0, 0.1) is 5.92 Å². The second-order valence-electron chi connectivity index (χ2n) is 16.3. The molecule has 9 rings (SSSR count). The predicted octanol–water partition coefficient (Wildman–Crippen LogP) is 6.50. The number of fused-ring (bicyclic) bond motifs is 4. The third-order valence-corrected chi connectivity index (χ3v) is 14.9. The van der Waals surface area contributed by atoms with Crippen molar-refractivity contribution in [3.05, 3.63) is 102 Å². The molecule has 0 radical (unpaired) electrons. The minimum absolute atomic E-state index is 0.0894. The van der Waals surface area contributed by atoms with Crippen LogP contribution in [0.25, 0.3) is 0 Å². The number of hydrogen-bond acceptors (Lipinski definition) is 8. The van der Waals surface area contributed by atoms with Crippen LogP contribution in [0.3, 0.4) is 0 Å². The van der Waals surface area contributed by atoms with Crippen LogP contribution >= 0.6 is 0 Å². The first-order valence-corrected chi connectivity index (χ1v) is 22.8. The van der Waals surface area contributed by atoms with Crippen molar-refractivity contribution in [3.63, 3.8) is 0 Å². The van der Waals surface area contributed by atoms with Gasteiger partial charge < -0.3 is 33.2 Å². The predicted molar refractivity (Wildman–Crippen MR) is 217 cm³/mol. The van der Waals surface area contributed by atoms with E-state index in [0.717, 1.165) is 12.0 Å². The van der Waals surface area contributed by atoms with E-state index in [2.05, 4.69) is 0 Å². The Hall–Kier alpha value is -5.57. The Morgan fingerprint density at radius 3 is 2.07 bits per heavy atom. The SMILES string of the molecule is C[C@H]1[C@H]([Si](C)(C)F)[C@@H](CC(=O)N2CCC[C@H]2CO)O[C@]12C(=O)N(Cc1ccc(N3C(=O)COc4ccccc43)cc1)c1ccc(N3C(=O)COc4ccccc43)cc12. The van der Waals surface area contributed by atoms with Gasteiger partial charge in [-0.25, -0.2) is 0 Å². The van der Waals surface area contributed by atoms with Crippen LogP contribution in [0.4, 0.5) is 32.5 Å². The van der Waals surface area contributed by atoms with Crippen LogP contribution in [-0.2, 0) is 36.1 Å². The summed E-state index contributed by atoms with van der Waals surface area (Å²) in [5, 5.41) is 9.99. The van der Waals surface area contributed by atoms with Gasteiger partial charge in [-0.2, -0.15) is 0 Å². The molecule has 4 aromatic carbocycles. The van der Waals surface area contributed by atoms with E-state index in [9.17, 15) is 19.5 Å². The molecule has 58 heavy (non-hydrogen) atoms. The summed E-state index contributed by atoms with van der Waals surface area (Å²) in [6.07, 6.45) is 0.411. The summed E-state index contributed by atoms with van der Waals surface area (Å²) in [6.45, 7) is 5.24. The molecule has 0 aromatic heterocycles. The fourth-order valence-corrected chi connectivity index (χ4v) is 12.4. The largest absolute Gasteiger partial charge is 0.482 e. The number of aliphatic hydroxyl groups is 1. The van der Waals surface area contributed by atoms with Gasteiger partial charge in [-0.15, -0.1) is 0 Å². The lowest BCUT2D eigenvalue weighted by molar-refractivity contribution is -0.150. The average Bonchev–Trinajstić information content (AvgIpc) is 3.88. The highest BCUT2D eigenvalue weighted by Crippen LogP contribution is 2.61. The third-order valence-electron chi connectivity index (χ3n) is 12.4. The first-order chi connectivity index (χ1) is 27.9. The number of halogens is 1. The zero-order chi connectivity index (χ0) is 40.5. The number of carbonyl (C=O) groups is 4. The highest BCUT2D eigenvalue weighted by Gasteiger charge is 2.67. The normalized spacial score (nSPS) is 25.2. The van der Waals surface area contributed by atoms with Gasteiger partial charge in [0.05, 0.1) is 48.8 Å². The van der Waals surface area contributed by atoms with Gasteiger partial charge in [-0.3, -0.25) is 29.0 Å². The lowest BCUT2D eigenvalue weighted by atomic mass is 9.82. The van der Waals surface area contributed by atoms with Gasteiger partial charge in [0, 0.05) is 34.9 Å². The molecule has 14 heteroatoms. The molecule has 0 aliphatic carbocycles. The quantitative estimate of drug-likeness (QED) is 0.158. The Morgan fingerprint density at radius 2 is 1.45 bits per heavy atom. The van der Waals surface area contributed by atoms with Gasteiger partial charge in [0.15, 0.2) is 18.8 Å². The molecular formula is C44H45FN4O8Si. The van der Waals surface area contributed by atoms with E-state index in [1.54, 1.807) is 63.0 Å². The number of carbonyl (C=O) groups excluding carboxylic acids is 4. The second kappa shape index (κ2) is 14.4. The summed E-state index contributed by atoms with van der Waals surface area (Å²) in [5.41, 5.74) is 1.77. The highest BCUT2D eigenvalue weighted by molar-refractivity contribution is 6.72. The van der Waals surface area contributed by atoms with Crippen molar-refractivity contribution in [2.45, 2.75) is 69.1 Å². The summed E-state index contributed by atoms with van der Waals surface area (Å²) in [4.78, 5) is 62.2. The molecule has 300 valence electrons. The number of hydrogen-bond donors (Lipinski definition) is 1.